The van der Waals surface area contributed by atoms with Gasteiger partial charge < -0.3 is 16.2 Å². The number of carboxylic acids is 1. The Morgan fingerprint density at radius 3 is 2.69 bits per heavy atom. The Bertz CT molecular complexity index is 410. The van der Waals surface area contributed by atoms with Gasteiger partial charge in [0.05, 0.1) is 5.69 Å². The van der Waals surface area contributed by atoms with Crippen molar-refractivity contribution in [2.75, 3.05) is 11.9 Å². The van der Waals surface area contributed by atoms with E-state index in [1.165, 1.54) is 6.92 Å². The molecule has 1 atom stereocenters. The maximum Gasteiger partial charge on any atom is 0.322 e. The molecule has 0 amide bonds. The topological polar surface area (TPSA) is 75.3 Å². The van der Waals surface area contributed by atoms with Crippen molar-refractivity contribution in [2.45, 2.75) is 13.0 Å². The van der Waals surface area contributed by atoms with Gasteiger partial charge in [-0.2, -0.15) is 0 Å². The molecule has 0 radical (unpaired) electrons. The molecule has 16 heavy (non-hydrogen) atoms. The first-order chi connectivity index (χ1) is 7.41. The van der Waals surface area contributed by atoms with Crippen LogP contribution in [0.15, 0.2) is 12.1 Å². The SMILES string of the molecule is Cc1cc(F)c(NCC(N)C(=O)O)cc1F. The van der Waals surface area contributed by atoms with Gasteiger partial charge in [-0.3, -0.25) is 4.79 Å². The van der Waals surface area contributed by atoms with Gasteiger partial charge in [-0.15, -0.1) is 0 Å². The van der Waals surface area contributed by atoms with Gasteiger partial charge in [-0.25, -0.2) is 8.78 Å². The summed E-state index contributed by atoms with van der Waals surface area (Å²) in [6.45, 7) is 1.26. The zero-order valence-electron chi connectivity index (χ0n) is 8.63. The quantitative estimate of drug-likeness (QED) is 0.724. The maximum absolute atomic E-state index is 13.3. The number of aliphatic carboxylic acids is 1. The van der Waals surface area contributed by atoms with Crippen molar-refractivity contribution in [1.29, 1.82) is 0 Å². The number of aryl methyl sites for hydroxylation is 1. The molecular formula is C10H12F2N2O2. The highest BCUT2D eigenvalue weighted by Crippen LogP contribution is 2.18. The Balaban J connectivity index is 2.74. The third-order valence-corrected chi connectivity index (χ3v) is 2.08. The molecule has 88 valence electrons. The Hall–Kier alpha value is -1.69. The van der Waals surface area contributed by atoms with Gasteiger partial charge in [-0.1, -0.05) is 0 Å². The van der Waals surface area contributed by atoms with Gasteiger partial charge in [-0.05, 0) is 18.6 Å². The second-order valence-electron chi connectivity index (χ2n) is 3.41. The Kier molecular flexibility index (Phi) is 3.78. The van der Waals surface area contributed by atoms with E-state index in [9.17, 15) is 13.6 Å². The predicted octanol–water partition coefficient (Wildman–Crippen LogP) is 1.10. The molecule has 0 aliphatic rings. The van der Waals surface area contributed by atoms with Gasteiger partial charge >= 0.3 is 5.97 Å². The van der Waals surface area contributed by atoms with Crippen LogP contribution in [0.5, 0.6) is 0 Å². The first kappa shape index (κ1) is 12.4. The van der Waals surface area contributed by atoms with Crippen molar-refractivity contribution in [3.63, 3.8) is 0 Å². The largest absolute Gasteiger partial charge is 0.480 e. The number of hydrogen-bond acceptors (Lipinski definition) is 3. The Morgan fingerprint density at radius 2 is 2.12 bits per heavy atom. The van der Waals surface area contributed by atoms with E-state index in [0.29, 0.717) is 0 Å². The molecule has 0 saturated heterocycles. The van der Waals surface area contributed by atoms with Crippen LogP contribution >= 0.6 is 0 Å². The molecule has 0 fully saturated rings. The molecule has 1 aromatic carbocycles. The molecule has 0 saturated carbocycles. The molecule has 0 bridgehead atoms. The van der Waals surface area contributed by atoms with E-state index >= 15 is 0 Å². The monoisotopic (exact) mass is 230 g/mol. The lowest BCUT2D eigenvalue weighted by Gasteiger charge is -2.11. The predicted molar refractivity (Wildman–Crippen MR) is 55.2 cm³/mol. The van der Waals surface area contributed by atoms with Crippen molar-refractivity contribution < 1.29 is 18.7 Å². The fourth-order valence-corrected chi connectivity index (χ4v) is 1.09. The number of halogens is 2. The molecule has 0 heterocycles. The average Bonchev–Trinajstić information content (AvgIpc) is 2.20. The zero-order valence-corrected chi connectivity index (χ0v) is 8.63. The number of nitrogens with two attached hydrogens (primary N) is 1. The zero-order chi connectivity index (χ0) is 12.3. The maximum atomic E-state index is 13.3. The van der Waals surface area contributed by atoms with E-state index in [0.717, 1.165) is 12.1 Å². The highest BCUT2D eigenvalue weighted by Gasteiger charge is 2.13. The van der Waals surface area contributed by atoms with Crippen molar-refractivity contribution in [3.8, 4) is 0 Å². The number of anilines is 1. The summed E-state index contributed by atoms with van der Waals surface area (Å²) < 4.78 is 26.4. The standard InChI is InChI=1S/C10H12F2N2O2/c1-5-2-7(12)9(3-6(5)11)14-4-8(13)10(15)16/h2-3,8,14H,4,13H2,1H3,(H,15,16). The smallest absolute Gasteiger partial charge is 0.322 e. The minimum absolute atomic E-state index is 0.0974. The summed E-state index contributed by atoms with van der Waals surface area (Å²) in [6, 6.07) is 0.840. The summed E-state index contributed by atoms with van der Waals surface area (Å²) in [6.07, 6.45) is 0. The lowest BCUT2D eigenvalue weighted by atomic mass is 10.2. The van der Waals surface area contributed by atoms with Crippen molar-refractivity contribution in [1.82, 2.24) is 0 Å². The van der Waals surface area contributed by atoms with E-state index < -0.39 is 23.6 Å². The number of nitrogens with one attached hydrogen (secondary N) is 1. The van der Waals surface area contributed by atoms with Crippen LogP contribution in [0.2, 0.25) is 0 Å². The summed E-state index contributed by atoms with van der Waals surface area (Å²) in [4.78, 5) is 10.4. The molecule has 1 aromatic rings. The number of hydrogen-bond donors (Lipinski definition) is 3. The highest BCUT2D eigenvalue weighted by molar-refractivity contribution is 5.74. The molecule has 0 spiro atoms. The lowest BCUT2D eigenvalue weighted by Crippen LogP contribution is -2.37. The van der Waals surface area contributed by atoms with Crippen LogP contribution in [-0.2, 0) is 4.79 Å². The Labute approximate surface area is 91.1 Å². The molecule has 4 N–H and O–H groups in total. The minimum Gasteiger partial charge on any atom is -0.480 e. The van der Waals surface area contributed by atoms with E-state index in [1.54, 1.807) is 0 Å². The van der Waals surface area contributed by atoms with Crippen molar-refractivity contribution in [2.24, 2.45) is 5.73 Å². The van der Waals surface area contributed by atoms with Crippen LogP contribution in [0.3, 0.4) is 0 Å². The number of carbonyl (C=O) groups is 1. The van der Waals surface area contributed by atoms with Crippen LogP contribution in [-0.4, -0.2) is 23.7 Å². The van der Waals surface area contributed by atoms with Gasteiger partial charge in [0.1, 0.15) is 17.7 Å². The first-order valence-corrected chi connectivity index (χ1v) is 4.59. The second kappa shape index (κ2) is 4.89. The highest BCUT2D eigenvalue weighted by atomic mass is 19.1. The summed E-state index contributed by atoms with van der Waals surface area (Å²) in [5.74, 6) is -2.41. The molecule has 6 heteroatoms. The minimum atomic E-state index is -1.21. The number of carboxylic acid groups (broad SMARTS) is 1. The number of rotatable bonds is 4. The van der Waals surface area contributed by atoms with Gasteiger partial charge in [0.25, 0.3) is 0 Å². The Morgan fingerprint density at radius 1 is 1.50 bits per heavy atom. The molecule has 0 aliphatic carbocycles. The van der Waals surface area contributed by atoms with Crippen LogP contribution in [0.1, 0.15) is 5.56 Å². The first-order valence-electron chi connectivity index (χ1n) is 4.59. The van der Waals surface area contributed by atoms with Crippen LogP contribution in [0.4, 0.5) is 14.5 Å². The van der Waals surface area contributed by atoms with E-state index in [4.69, 9.17) is 10.8 Å². The van der Waals surface area contributed by atoms with Crippen LogP contribution in [0.25, 0.3) is 0 Å². The molecular weight excluding hydrogens is 218 g/mol. The summed E-state index contributed by atoms with van der Waals surface area (Å²) in [7, 11) is 0. The average molecular weight is 230 g/mol. The van der Waals surface area contributed by atoms with Crippen molar-refractivity contribution in [3.05, 3.63) is 29.3 Å². The van der Waals surface area contributed by atoms with Gasteiger partial charge in [0, 0.05) is 12.6 Å². The second-order valence-corrected chi connectivity index (χ2v) is 3.41. The van der Waals surface area contributed by atoms with E-state index in [-0.39, 0.29) is 17.8 Å². The molecule has 1 unspecified atom stereocenters. The fraction of sp³-hybridized carbons (Fsp3) is 0.300. The third-order valence-electron chi connectivity index (χ3n) is 2.08. The molecule has 0 aliphatic heterocycles. The third kappa shape index (κ3) is 2.90. The fourth-order valence-electron chi connectivity index (χ4n) is 1.09. The molecule has 4 nitrogen and oxygen atoms in total. The summed E-state index contributed by atoms with van der Waals surface area (Å²) in [5, 5.41) is 10.9. The molecule has 0 aromatic heterocycles. The van der Waals surface area contributed by atoms with E-state index in [2.05, 4.69) is 5.32 Å². The lowest BCUT2D eigenvalue weighted by molar-refractivity contribution is -0.138. The van der Waals surface area contributed by atoms with E-state index in [1.807, 2.05) is 0 Å². The normalized spacial score (nSPS) is 12.2. The van der Waals surface area contributed by atoms with Gasteiger partial charge in [0.2, 0.25) is 0 Å². The summed E-state index contributed by atoms with van der Waals surface area (Å²) in [5.41, 5.74) is 5.29. The summed E-state index contributed by atoms with van der Waals surface area (Å²) >= 11 is 0. The van der Waals surface area contributed by atoms with Crippen LogP contribution < -0.4 is 11.1 Å². The number of benzene rings is 1. The molecule has 1 rings (SSSR count). The van der Waals surface area contributed by atoms with Crippen LogP contribution in [0, 0.1) is 18.6 Å². The van der Waals surface area contributed by atoms with Crippen molar-refractivity contribution >= 4 is 11.7 Å². The van der Waals surface area contributed by atoms with Gasteiger partial charge in [0.15, 0.2) is 0 Å².